The number of fused-ring (bicyclic) bond motifs is 3. The molecule has 236 valence electrons. The van der Waals surface area contributed by atoms with E-state index < -0.39 is 21.7 Å². The molecule has 3 aliphatic rings. The number of primary sulfonamides is 1. The SMILES string of the molecule is Cc1nc2ccccc2n1C1CC2CCC(C1)N2CCC1(c2ccccc2)CCN(C(=O)c2ccc(S(N)(=O)=O)cc2F)CC1. The van der Waals surface area contributed by atoms with Crippen LogP contribution in [0.4, 0.5) is 4.39 Å². The van der Waals surface area contributed by atoms with Gasteiger partial charge in [0.25, 0.3) is 5.91 Å². The second-order valence-electron chi connectivity index (χ2n) is 13.1. The van der Waals surface area contributed by atoms with Crippen molar-refractivity contribution in [2.24, 2.45) is 5.14 Å². The minimum atomic E-state index is -4.06. The molecule has 0 spiro atoms. The molecule has 4 heterocycles. The molecule has 3 fully saturated rings. The highest BCUT2D eigenvalue weighted by atomic mass is 32.2. The molecule has 1 amide bonds. The highest BCUT2D eigenvalue weighted by molar-refractivity contribution is 7.89. The van der Waals surface area contributed by atoms with E-state index in [0.29, 0.717) is 31.2 Å². The van der Waals surface area contributed by atoms with Gasteiger partial charge in [-0.05, 0) is 99.7 Å². The topological polar surface area (TPSA) is 102 Å². The van der Waals surface area contributed by atoms with E-state index in [1.54, 1.807) is 4.90 Å². The number of hydrogen-bond acceptors (Lipinski definition) is 5. The normalized spacial score (nSPS) is 23.4. The largest absolute Gasteiger partial charge is 0.338 e. The summed E-state index contributed by atoms with van der Waals surface area (Å²) in [5, 5.41) is 5.14. The van der Waals surface area contributed by atoms with Crippen LogP contribution in [-0.4, -0.2) is 65.4 Å². The van der Waals surface area contributed by atoms with Crippen LogP contribution in [0.25, 0.3) is 11.0 Å². The summed E-state index contributed by atoms with van der Waals surface area (Å²) in [5.74, 6) is -0.194. The third kappa shape index (κ3) is 5.57. The van der Waals surface area contributed by atoms with Crippen molar-refractivity contribution in [1.29, 1.82) is 0 Å². The van der Waals surface area contributed by atoms with Gasteiger partial charge in [-0.2, -0.15) is 0 Å². The van der Waals surface area contributed by atoms with Crippen molar-refractivity contribution in [3.63, 3.8) is 0 Å². The fourth-order valence-electron chi connectivity index (χ4n) is 8.42. The second-order valence-corrected chi connectivity index (χ2v) is 14.7. The summed E-state index contributed by atoms with van der Waals surface area (Å²) in [6.07, 6.45) is 7.28. The van der Waals surface area contributed by atoms with Crippen molar-refractivity contribution in [3.8, 4) is 0 Å². The van der Waals surface area contributed by atoms with E-state index in [1.165, 1.54) is 36.1 Å². The summed E-state index contributed by atoms with van der Waals surface area (Å²) in [5.41, 5.74) is 3.39. The number of nitrogens with zero attached hydrogens (tertiary/aromatic N) is 4. The van der Waals surface area contributed by atoms with Gasteiger partial charge < -0.3 is 9.47 Å². The third-order valence-electron chi connectivity index (χ3n) is 10.7. The molecule has 3 aromatic carbocycles. The average molecular weight is 630 g/mol. The summed E-state index contributed by atoms with van der Waals surface area (Å²) in [6, 6.07) is 23.9. The highest BCUT2D eigenvalue weighted by Crippen LogP contribution is 2.45. The Balaban J connectivity index is 1.06. The summed E-state index contributed by atoms with van der Waals surface area (Å²) in [4.78, 5) is 22.3. The lowest BCUT2D eigenvalue weighted by atomic mass is 9.70. The fourth-order valence-corrected chi connectivity index (χ4v) is 8.94. The van der Waals surface area contributed by atoms with E-state index in [1.807, 2.05) is 6.07 Å². The van der Waals surface area contributed by atoms with Crippen LogP contribution in [0.2, 0.25) is 0 Å². The van der Waals surface area contributed by atoms with Crippen molar-refractivity contribution in [3.05, 3.63) is 95.6 Å². The van der Waals surface area contributed by atoms with Gasteiger partial charge in [-0.3, -0.25) is 9.69 Å². The molecular weight excluding hydrogens is 589 g/mol. The first-order chi connectivity index (χ1) is 21.6. The lowest BCUT2D eigenvalue weighted by molar-refractivity contribution is 0.0603. The molecule has 2 atom stereocenters. The minimum absolute atomic E-state index is 0.0818. The molecule has 0 aliphatic carbocycles. The van der Waals surface area contributed by atoms with Crippen LogP contribution >= 0.6 is 0 Å². The van der Waals surface area contributed by atoms with Crippen molar-refractivity contribution < 1.29 is 17.6 Å². The van der Waals surface area contributed by atoms with Crippen molar-refractivity contribution >= 4 is 27.0 Å². The Labute approximate surface area is 264 Å². The van der Waals surface area contributed by atoms with E-state index in [9.17, 15) is 17.6 Å². The number of hydrogen-bond donors (Lipinski definition) is 1. The van der Waals surface area contributed by atoms with E-state index >= 15 is 0 Å². The molecule has 1 aromatic heterocycles. The number of amides is 1. The maximum atomic E-state index is 14.8. The molecule has 10 heteroatoms. The first kappa shape index (κ1) is 30.1. The quantitative estimate of drug-likeness (QED) is 0.288. The van der Waals surface area contributed by atoms with Gasteiger partial charge in [0.05, 0.1) is 21.5 Å². The van der Waals surface area contributed by atoms with Gasteiger partial charge in [-0.1, -0.05) is 42.5 Å². The lowest BCUT2D eigenvalue weighted by Crippen LogP contribution is -2.49. The van der Waals surface area contributed by atoms with Gasteiger partial charge in [0.15, 0.2) is 0 Å². The van der Waals surface area contributed by atoms with E-state index in [2.05, 4.69) is 64.9 Å². The number of rotatable bonds is 7. The van der Waals surface area contributed by atoms with Crippen molar-refractivity contribution in [2.75, 3.05) is 19.6 Å². The van der Waals surface area contributed by atoms with E-state index in [-0.39, 0.29) is 15.9 Å². The van der Waals surface area contributed by atoms with Gasteiger partial charge in [0.1, 0.15) is 11.6 Å². The number of carbonyl (C=O) groups is 1. The van der Waals surface area contributed by atoms with Gasteiger partial charge in [0.2, 0.25) is 10.0 Å². The van der Waals surface area contributed by atoms with Crippen LogP contribution in [0.3, 0.4) is 0 Å². The number of para-hydroxylation sites is 2. The van der Waals surface area contributed by atoms with Crippen LogP contribution in [0.1, 0.15) is 72.7 Å². The smallest absolute Gasteiger partial charge is 0.256 e. The molecule has 0 radical (unpaired) electrons. The summed E-state index contributed by atoms with van der Waals surface area (Å²) in [7, 11) is -4.06. The van der Waals surface area contributed by atoms with E-state index in [0.717, 1.165) is 56.1 Å². The monoisotopic (exact) mass is 629 g/mol. The van der Waals surface area contributed by atoms with Crippen LogP contribution in [0, 0.1) is 12.7 Å². The highest BCUT2D eigenvalue weighted by Gasteiger charge is 2.44. The molecule has 2 N–H and O–H groups in total. The van der Waals surface area contributed by atoms with Crippen molar-refractivity contribution in [1.82, 2.24) is 19.4 Å². The number of likely N-dealkylation sites (tertiary alicyclic amines) is 1. The van der Waals surface area contributed by atoms with Gasteiger partial charge in [0, 0.05) is 31.2 Å². The zero-order valence-corrected chi connectivity index (χ0v) is 26.4. The number of halogens is 1. The number of imidazole rings is 1. The first-order valence-electron chi connectivity index (χ1n) is 16.0. The molecule has 45 heavy (non-hydrogen) atoms. The molecule has 4 aromatic rings. The molecule has 3 saturated heterocycles. The van der Waals surface area contributed by atoms with Crippen LogP contribution in [0.5, 0.6) is 0 Å². The maximum absolute atomic E-state index is 14.8. The molecule has 2 unspecified atom stereocenters. The second kappa shape index (κ2) is 11.6. The number of piperidine rings is 2. The molecule has 0 saturated carbocycles. The Bertz CT molecular complexity index is 1820. The van der Waals surface area contributed by atoms with Crippen LogP contribution in [-0.2, 0) is 15.4 Å². The fraction of sp³-hybridized carbons (Fsp3) is 0.429. The predicted octanol–water partition coefficient (Wildman–Crippen LogP) is 5.56. The summed E-state index contributed by atoms with van der Waals surface area (Å²) in [6.45, 7) is 4.15. The maximum Gasteiger partial charge on any atom is 0.256 e. The predicted molar refractivity (Wildman–Crippen MR) is 172 cm³/mol. The Kier molecular flexibility index (Phi) is 7.78. The van der Waals surface area contributed by atoms with Gasteiger partial charge >= 0.3 is 0 Å². The minimum Gasteiger partial charge on any atom is -0.338 e. The number of nitrogens with two attached hydrogens (primary N) is 1. The Morgan fingerprint density at radius 3 is 2.29 bits per heavy atom. The molecule has 3 aliphatic heterocycles. The first-order valence-corrected chi connectivity index (χ1v) is 17.5. The van der Waals surface area contributed by atoms with Gasteiger partial charge in [-0.25, -0.2) is 22.9 Å². The third-order valence-corrected chi connectivity index (χ3v) is 11.6. The number of carbonyl (C=O) groups excluding carboxylic acids is 1. The number of aryl methyl sites for hydroxylation is 1. The van der Waals surface area contributed by atoms with Crippen LogP contribution < -0.4 is 5.14 Å². The van der Waals surface area contributed by atoms with Crippen LogP contribution in [0.15, 0.2) is 77.7 Å². The zero-order chi connectivity index (χ0) is 31.3. The molecule has 2 bridgehead atoms. The lowest BCUT2D eigenvalue weighted by Gasteiger charge is -2.45. The number of aromatic nitrogens is 2. The molecular formula is C35H40FN5O3S. The summed E-state index contributed by atoms with van der Waals surface area (Å²) < 4.78 is 40.6. The Morgan fingerprint density at radius 2 is 1.62 bits per heavy atom. The zero-order valence-electron chi connectivity index (χ0n) is 25.6. The van der Waals surface area contributed by atoms with Crippen molar-refractivity contribution in [2.45, 2.75) is 80.3 Å². The Hall–Kier alpha value is -3.60. The number of sulfonamides is 1. The van der Waals surface area contributed by atoms with E-state index in [4.69, 9.17) is 10.1 Å². The standard InChI is InChI=1S/C35H40FN5O3S/c1-24-38-32-9-5-6-10-33(32)41(24)28-21-26-11-12-27(22-28)40(26)20-17-35(25-7-3-2-4-8-25)15-18-39(19-16-35)34(42)30-14-13-29(23-31(30)36)45(37,43)44/h2-10,13-14,23,26-28H,11-12,15-22H2,1H3,(H2,37,43,44). The average Bonchev–Trinajstić information content (AvgIpc) is 3.50. The Morgan fingerprint density at radius 1 is 0.956 bits per heavy atom. The number of benzene rings is 3. The van der Waals surface area contributed by atoms with Gasteiger partial charge in [-0.15, -0.1) is 0 Å². The molecule has 8 nitrogen and oxygen atoms in total. The molecule has 7 rings (SSSR count). The summed E-state index contributed by atoms with van der Waals surface area (Å²) >= 11 is 0.